The summed E-state index contributed by atoms with van der Waals surface area (Å²) in [4.78, 5) is 48.9. The van der Waals surface area contributed by atoms with Crippen molar-refractivity contribution in [2.75, 3.05) is 31.5 Å². The van der Waals surface area contributed by atoms with Crippen molar-refractivity contribution in [3.63, 3.8) is 0 Å². The van der Waals surface area contributed by atoms with E-state index in [2.05, 4.69) is 83.6 Å². The lowest BCUT2D eigenvalue weighted by Gasteiger charge is -2.45. The van der Waals surface area contributed by atoms with Crippen molar-refractivity contribution in [2.45, 2.75) is 127 Å². The Labute approximate surface area is 349 Å². The number of aromatic nitrogens is 2. The van der Waals surface area contributed by atoms with Gasteiger partial charge in [0.1, 0.15) is 11.9 Å². The van der Waals surface area contributed by atoms with Crippen LogP contribution in [0.25, 0.3) is 10.9 Å². The van der Waals surface area contributed by atoms with Gasteiger partial charge in [0.25, 0.3) is 0 Å². The van der Waals surface area contributed by atoms with Crippen LogP contribution in [-0.2, 0) is 37.1 Å². The summed E-state index contributed by atoms with van der Waals surface area (Å²) in [5.41, 5.74) is 4.08. The van der Waals surface area contributed by atoms with Crippen molar-refractivity contribution in [3.05, 3.63) is 99.6 Å². The van der Waals surface area contributed by atoms with E-state index in [1.165, 1.54) is 6.07 Å². The Morgan fingerprint density at radius 1 is 1.03 bits per heavy atom. The molecule has 4 aromatic rings. The van der Waals surface area contributed by atoms with Gasteiger partial charge in [-0.25, -0.2) is 0 Å². The number of anilines is 1. The molecule has 11 nitrogen and oxygen atoms in total. The number of aryl methyl sites for hydroxylation is 1. The number of rotatable bonds is 15. The molecule has 1 saturated carbocycles. The Morgan fingerprint density at radius 3 is 2.51 bits per heavy atom. The minimum atomic E-state index is -2.22. The molecule has 5 heterocycles. The summed E-state index contributed by atoms with van der Waals surface area (Å²) in [7, 11) is -2.22. The minimum absolute atomic E-state index is 0.00770. The van der Waals surface area contributed by atoms with Crippen LogP contribution in [0, 0.1) is 5.92 Å². The van der Waals surface area contributed by atoms with E-state index in [4.69, 9.17) is 9.16 Å². The number of ether oxygens (including phenoxy) is 1. The maximum atomic E-state index is 14.0. The summed E-state index contributed by atoms with van der Waals surface area (Å²) in [5, 5.41) is 17.7. The van der Waals surface area contributed by atoms with E-state index in [1.807, 2.05) is 18.2 Å². The topological polar surface area (TPSA) is 146 Å². The molecule has 0 spiro atoms. The number of nitrogens with one attached hydrogen (secondary N) is 3. The SMILES string of the molecule is CC(C)(C)[Si](C)(C)O[C@H](CNCc1ccc(NC(=O)CCCc2cccc(C3(C(=O)O[C@H]4CN5CCC4CC5)CCCCC3)c2)cn1)c1ccc(O)c2[nH]c(=O)ccc12. The lowest BCUT2D eigenvalue weighted by atomic mass is 9.69. The van der Waals surface area contributed by atoms with E-state index in [9.17, 15) is 19.5 Å². The number of aromatic hydroxyl groups is 1. The number of hydrogen-bond donors (Lipinski definition) is 4. The number of nitrogens with zero attached hydrogens (tertiary/aromatic N) is 2. The quantitative estimate of drug-likeness (QED) is 0.0688. The van der Waals surface area contributed by atoms with Gasteiger partial charge in [-0.05, 0) is 117 Å². The number of piperidine rings is 3. The second-order valence-electron chi connectivity index (χ2n) is 18.6. The molecule has 3 saturated heterocycles. The van der Waals surface area contributed by atoms with Crippen LogP contribution in [0.4, 0.5) is 5.69 Å². The number of benzene rings is 2. The molecular weight excluding hydrogens is 759 g/mol. The molecule has 4 aliphatic rings. The molecule has 4 N–H and O–H groups in total. The molecule has 12 heteroatoms. The van der Waals surface area contributed by atoms with Gasteiger partial charge in [0, 0.05) is 37.5 Å². The minimum Gasteiger partial charge on any atom is -0.506 e. The molecule has 59 heavy (non-hydrogen) atoms. The van der Waals surface area contributed by atoms with E-state index in [-0.39, 0.29) is 40.4 Å². The molecule has 8 rings (SSSR count). The molecule has 4 fully saturated rings. The first-order chi connectivity index (χ1) is 28.2. The maximum absolute atomic E-state index is 14.0. The van der Waals surface area contributed by atoms with Gasteiger partial charge in [-0.3, -0.25) is 24.3 Å². The van der Waals surface area contributed by atoms with Gasteiger partial charge in [0.2, 0.25) is 11.5 Å². The first-order valence-corrected chi connectivity index (χ1v) is 24.6. The largest absolute Gasteiger partial charge is 0.506 e. The zero-order valence-electron chi connectivity index (χ0n) is 35.6. The summed E-state index contributed by atoms with van der Waals surface area (Å²) in [6, 6.07) is 18.9. The predicted octanol–water partition coefficient (Wildman–Crippen LogP) is 8.28. The smallest absolute Gasteiger partial charge is 0.316 e. The van der Waals surface area contributed by atoms with Crippen molar-refractivity contribution in [1.29, 1.82) is 0 Å². The molecule has 3 aliphatic heterocycles. The molecule has 2 atom stereocenters. The Bertz CT molecular complexity index is 2150. The highest BCUT2D eigenvalue weighted by Gasteiger charge is 2.46. The number of hydrogen-bond acceptors (Lipinski definition) is 9. The van der Waals surface area contributed by atoms with Gasteiger partial charge in [-0.15, -0.1) is 0 Å². The number of aromatic amines is 1. The van der Waals surface area contributed by atoms with Gasteiger partial charge in [-0.1, -0.05) is 70.4 Å². The number of amides is 1. The fourth-order valence-electron chi connectivity index (χ4n) is 8.98. The third-order valence-corrected chi connectivity index (χ3v) is 18.0. The average molecular weight is 822 g/mol. The highest BCUT2D eigenvalue weighted by Crippen LogP contribution is 2.43. The summed E-state index contributed by atoms with van der Waals surface area (Å²) in [6.45, 7) is 15.1. The fourth-order valence-corrected chi connectivity index (χ4v) is 10.3. The number of H-pyrrole nitrogens is 1. The maximum Gasteiger partial charge on any atom is 0.316 e. The molecule has 0 radical (unpaired) electrons. The number of carbonyl (C=O) groups excluding carboxylic acids is 2. The normalized spacial score (nSPS) is 20.9. The zero-order chi connectivity index (χ0) is 41.8. The number of esters is 1. The number of carbonyl (C=O) groups is 2. The van der Waals surface area contributed by atoms with Gasteiger partial charge >= 0.3 is 5.97 Å². The molecule has 1 aliphatic carbocycles. The molecule has 0 unspecified atom stereocenters. The lowest BCUT2D eigenvalue weighted by Crippen LogP contribution is -2.53. The van der Waals surface area contributed by atoms with E-state index in [0.717, 1.165) is 98.8 Å². The van der Waals surface area contributed by atoms with Gasteiger partial charge in [-0.2, -0.15) is 0 Å². The third-order valence-electron chi connectivity index (χ3n) is 13.5. The van der Waals surface area contributed by atoms with Crippen molar-refractivity contribution in [2.24, 2.45) is 5.92 Å². The van der Waals surface area contributed by atoms with Gasteiger partial charge < -0.3 is 29.9 Å². The number of phenolic OH excluding ortho intramolecular Hbond substituents is 1. The van der Waals surface area contributed by atoms with Crippen LogP contribution in [0.5, 0.6) is 5.75 Å². The van der Waals surface area contributed by atoms with E-state index in [1.54, 1.807) is 18.3 Å². The Morgan fingerprint density at radius 2 is 1.81 bits per heavy atom. The van der Waals surface area contributed by atoms with Crippen molar-refractivity contribution >= 4 is 36.8 Å². The second-order valence-corrected chi connectivity index (χ2v) is 23.4. The van der Waals surface area contributed by atoms with E-state index in [0.29, 0.717) is 43.1 Å². The van der Waals surface area contributed by atoms with Gasteiger partial charge in [0.15, 0.2) is 8.32 Å². The van der Waals surface area contributed by atoms with Crippen LogP contribution in [0.15, 0.2) is 71.7 Å². The van der Waals surface area contributed by atoms with E-state index < -0.39 is 13.7 Å². The van der Waals surface area contributed by atoms with Crippen LogP contribution in [0.1, 0.15) is 107 Å². The third kappa shape index (κ3) is 9.99. The monoisotopic (exact) mass is 821 g/mol. The van der Waals surface area contributed by atoms with Crippen LogP contribution < -0.4 is 16.2 Å². The van der Waals surface area contributed by atoms with Crippen LogP contribution >= 0.6 is 0 Å². The average Bonchev–Trinajstić information content (AvgIpc) is 3.22. The van der Waals surface area contributed by atoms with Crippen LogP contribution in [0.3, 0.4) is 0 Å². The predicted molar refractivity (Wildman–Crippen MR) is 235 cm³/mol. The first kappa shape index (κ1) is 42.8. The first-order valence-electron chi connectivity index (χ1n) is 21.7. The molecule has 1 amide bonds. The number of fused-ring (bicyclic) bond motifs is 4. The van der Waals surface area contributed by atoms with Crippen molar-refractivity contribution < 1.29 is 23.9 Å². The summed E-state index contributed by atoms with van der Waals surface area (Å²) in [5.74, 6) is 0.404. The fraction of sp³-hybridized carbons (Fsp3) is 0.532. The Hall–Kier alpha value is -4.36. The lowest BCUT2D eigenvalue weighted by molar-refractivity contribution is -0.167. The summed E-state index contributed by atoms with van der Waals surface area (Å²) < 4.78 is 13.3. The van der Waals surface area contributed by atoms with Crippen LogP contribution in [0.2, 0.25) is 18.1 Å². The number of phenols is 1. The number of pyridine rings is 2. The molecule has 2 bridgehead atoms. The second kappa shape index (κ2) is 18.1. The van der Waals surface area contributed by atoms with Crippen molar-refractivity contribution in [3.8, 4) is 5.75 Å². The molecule has 316 valence electrons. The van der Waals surface area contributed by atoms with E-state index >= 15 is 0 Å². The Kier molecular flexibility index (Phi) is 13.1. The zero-order valence-corrected chi connectivity index (χ0v) is 36.6. The Balaban J connectivity index is 0.919. The van der Waals surface area contributed by atoms with Gasteiger partial charge in [0.05, 0.1) is 34.6 Å². The molecule has 2 aromatic heterocycles. The standard InChI is InChI=1S/C47H63N5O6Si/c1-46(2,3)59(4,5)58-40(37-17-19-39(53)44-38(37)18-20-43(55)51-44)30-48-28-35-15-16-36(29-49-35)50-42(54)14-10-12-32-11-9-13-34(27-32)47(23-7-6-8-24-47)45(56)57-41-31-52-25-21-33(41)22-26-52/h9,11,13,15-20,27,29,33,40-41,48,53H,6-8,10,12,14,21-26,28,30-31H2,1-5H3,(H,50,54)(H,51,55)/t40-,41+/m1/s1. The summed E-state index contributed by atoms with van der Waals surface area (Å²) in [6.07, 6.45) is 10.3. The van der Waals surface area contributed by atoms with Crippen LogP contribution in [-0.4, -0.2) is 72.5 Å². The highest BCUT2D eigenvalue weighted by atomic mass is 28.4. The van der Waals surface area contributed by atoms with Crippen molar-refractivity contribution in [1.82, 2.24) is 20.2 Å². The molecular formula is C47H63N5O6Si. The molecule has 2 aromatic carbocycles. The summed E-state index contributed by atoms with van der Waals surface area (Å²) >= 11 is 0. The highest BCUT2D eigenvalue weighted by molar-refractivity contribution is 6.74.